The standard InChI is InChI=1S/C40H67N3O3S2/c1-6-8-27-33-42(4)39(45)31-25-21-17-12-10-11-15-19-23-29-35-47-48-36-38(41-37(3)44)30-24-20-16-13-14-18-22-26-32-40(46)43(5)34-28-9-7-2/h6-7,19,23-24,27-28,30,33-34,38H,1-2,8-18,20-22,25-26,29,31-32,35-36H2,3-5H3,(H,41,44)/b23-19+,30-24+,33-27+,34-28+/t38-/m1/s1. The van der Waals surface area contributed by atoms with Crippen LogP contribution in [0.5, 0.6) is 0 Å². The molecule has 0 saturated carbocycles. The van der Waals surface area contributed by atoms with Crippen molar-refractivity contribution in [1.29, 1.82) is 0 Å². The van der Waals surface area contributed by atoms with Crippen molar-refractivity contribution in [3.05, 3.63) is 74.2 Å². The van der Waals surface area contributed by atoms with Gasteiger partial charge in [-0.25, -0.2) is 0 Å². The lowest BCUT2D eigenvalue weighted by atomic mass is 10.1. The fraction of sp³-hybridized carbons (Fsp3) is 0.625. The lowest BCUT2D eigenvalue weighted by Crippen LogP contribution is -2.33. The Morgan fingerprint density at radius 2 is 1.08 bits per heavy atom. The van der Waals surface area contributed by atoms with Crippen LogP contribution in [0.4, 0.5) is 0 Å². The van der Waals surface area contributed by atoms with Crippen LogP contribution in [0, 0.1) is 0 Å². The zero-order valence-corrected chi connectivity index (χ0v) is 32.2. The SMILES string of the molecule is C=CC/C=C/N(C)C(=O)CCCCCCCC/C=C/CCSSC[C@@H](/C=C/CCCCCCCCC(=O)N(C)/C=C/CC=C)NC(C)=O. The van der Waals surface area contributed by atoms with Crippen LogP contribution in [0.2, 0.25) is 0 Å². The van der Waals surface area contributed by atoms with Gasteiger partial charge in [0.15, 0.2) is 0 Å². The molecular weight excluding hydrogens is 635 g/mol. The third kappa shape index (κ3) is 30.9. The molecule has 0 spiro atoms. The van der Waals surface area contributed by atoms with Gasteiger partial charge in [0, 0.05) is 57.8 Å². The van der Waals surface area contributed by atoms with E-state index in [2.05, 4.69) is 42.8 Å². The second-order valence-electron chi connectivity index (χ2n) is 12.2. The number of hydrogen-bond acceptors (Lipinski definition) is 5. The Bertz CT molecular complexity index is 977. The van der Waals surface area contributed by atoms with Gasteiger partial charge < -0.3 is 15.1 Å². The highest BCUT2D eigenvalue weighted by atomic mass is 33.1. The molecule has 0 saturated heterocycles. The highest BCUT2D eigenvalue weighted by Crippen LogP contribution is 2.23. The van der Waals surface area contributed by atoms with Crippen LogP contribution in [-0.2, 0) is 14.4 Å². The fourth-order valence-corrected chi connectivity index (χ4v) is 7.00. The maximum atomic E-state index is 12.1. The molecule has 0 bridgehead atoms. The summed E-state index contributed by atoms with van der Waals surface area (Å²) < 4.78 is 0. The van der Waals surface area contributed by atoms with E-state index in [4.69, 9.17) is 0 Å². The molecule has 1 atom stereocenters. The number of allylic oxidation sites excluding steroid dienone is 7. The van der Waals surface area contributed by atoms with E-state index in [-0.39, 0.29) is 23.8 Å². The van der Waals surface area contributed by atoms with E-state index in [1.807, 2.05) is 72.4 Å². The van der Waals surface area contributed by atoms with Crippen LogP contribution < -0.4 is 5.32 Å². The summed E-state index contributed by atoms with van der Waals surface area (Å²) in [6.07, 6.45) is 40.0. The Hall–Kier alpha value is -2.45. The quantitative estimate of drug-likeness (QED) is 0.0429. The highest BCUT2D eigenvalue weighted by Gasteiger charge is 2.07. The Balaban J connectivity index is 3.80. The summed E-state index contributed by atoms with van der Waals surface area (Å²) in [5.74, 6) is 2.33. The minimum absolute atomic E-state index is 0.0155. The molecule has 0 rings (SSSR count). The van der Waals surface area contributed by atoms with E-state index >= 15 is 0 Å². The summed E-state index contributed by atoms with van der Waals surface area (Å²) in [5, 5.41) is 3.07. The van der Waals surface area contributed by atoms with Gasteiger partial charge in [-0.3, -0.25) is 14.4 Å². The molecule has 0 heterocycles. The van der Waals surface area contributed by atoms with E-state index in [1.54, 1.807) is 16.7 Å². The predicted molar refractivity (Wildman–Crippen MR) is 213 cm³/mol. The molecule has 0 aliphatic rings. The third-order valence-corrected chi connectivity index (χ3v) is 10.2. The molecule has 6 nitrogen and oxygen atoms in total. The number of carbonyl (C=O) groups is 3. The molecule has 0 unspecified atom stereocenters. The molecule has 0 radical (unpaired) electrons. The van der Waals surface area contributed by atoms with Crippen LogP contribution in [0.3, 0.4) is 0 Å². The fourth-order valence-electron chi connectivity index (χ4n) is 4.84. The lowest BCUT2D eigenvalue weighted by molar-refractivity contribution is -0.128. The van der Waals surface area contributed by atoms with Crippen molar-refractivity contribution in [1.82, 2.24) is 15.1 Å². The summed E-state index contributed by atoms with van der Waals surface area (Å²) in [4.78, 5) is 39.2. The Kier molecular flexibility index (Phi) is 32.7. The average Bonchev–Trinajstić information content (AvgIpc) is 3.06. The normalized spacial score (nSPS) is 12.3. The number of nitrogens with zero attached hydrogens (tertiary/aromatic N) is 2. The van der Waals surface area contributed by atoms with Crippen LogP contribution in [0.15, 0.2) is 74.2 Å². The second kappa shape index (κ2) is 34.4. The summed E-state index contributed by atoms with van der Waals surface area (Å²) in [6, 6.07) is 0.0733. The van der Waals surface area contributed by atoms with Crippen molar-refractivity contribution in [3.63, 3.8) is 0 Å². The molecule has 3 amide bonds. The van der Waals surface area contributed by atoms with Crippen LogP contribution >= 0.6 is 21.6 Å². The Morgan fingerprint density at radius 1 is 0.625 bits per heavy atom. The number of hydrogen-bond donors (Lipinski definition) is 1. The van der Waals surface area contributed by atoms with Gasteiger partial charge in [0.1, 0.15) is 0 Å². The first kappa shape index (κ1) is 45.6. The van der Waals surface area contributed by atoms with Gasteiger partial charge >= 0.3 is 0 Å². The summed E-state index contributed by atoms with van der Waals surface area (Å²) >= 11 is 0. The minimum atomic E-state index is 0.0155. The number of unbranched alkanes of at least 4 members (excludes halogenated alkanes) is 12. The zero-order chi connectivity index (χ0) is 35.5. The van der Waals surface area contributed by atoms with E-state index in [1.165, 1.54) is 44.9 Å². The van der Waals surface area contributed by atoms with E-state index in [0.717, 1.165) is 75.7 Å². The van der Waals surface area contributed by atoms with Crippen LogP contribution in [0.25, 0.3) is 0 Å². The zero-order valence-electron chi connectivity index (χ0n) is 30.5. The molecule has 1 N–H and O–H groups in total. The highest BCUT2D eigenvalue weighted by molar-refractivity contribution is 8.76. The van der Waals surface area contributed by atoms with E-state index in [9.17, 15) is 14.4 Å². The number of carbonyl (C=O) groups excluding carboxylic acids is 3. The second-order valence-corrected chi connectivity index (χ2v) is 14.9. The smallest absolute Gasteiger partial charge is 0.226 e. The van der Waals surface area contributed by atoms with Gasteiger partial charge in [0.25, 0.3) is 0 Å². The summed E-state index contributed by atoms with van der Waals surface area (Å²) in [5.41, 5.74) is 0. The van der Waals surface area contributed by atoms with E-state index < -0.39 is 0 Å². The van der Waals surface area contributed by atoms with Gasteiger partial charge in [-0.05, 0) is 57.8 Å². The molecule has 0 aliphatic carbocycles. The molecule has 8 heteroatoms. The van der Waals surface area contributed by atoms with Crippen molar-refractivity contribution in [2.75, 3.05) is 25.6 Å². The molecule has 48 heavy (non-hydrogen) atoms. The third-order valence-electron chi connectivity index (χ3n) is 7.70. The molecule has 0 aromatic rings. The Morgan fingerprint density at radius 3 is 1.58 bits per heavy atom. The van der Waals surface area contributed by atoms with Crippen LogP contribution in [-0.4, -0.2) is 59.2 Å². The van der Waals surface area contributed by atoms with Crippen molar-refractivity contribution in [3.8, 4) is 0 Å². The Labute approximate surface area is 302 Å². The van der Waals surface area contributed by atoms with Gasteiger partial charge in [0.05, 0.1) is 6.04 Å². The summed E-state index contributed by atoms with van der Waals surface area (Å²) in [6.45, 7) is 8.95. The lowest BCUT2D eigenvalue weighted by Gasteiger charge is -2.13. The minimum Gasteiger partial charge on any atom is -0.349 e. The topological polar surface area (TPSA) is 69.7 Å². The molecule has 0 aromatic heterocycles. The van der Waals surface area contributed by atoms with Gasteiger partial charge in [-0.1, -0.05) is 122 Å². The molecule has 0 aliphatic heterocycles. The van der Waals surface area contributed by atoms with E-state index in [0.29, 0.717) is 12.8 Å². The predicted octanol–water partition coefficient (Wildman–Crippen LogP) is 10.7. The first-order chi connectivity index (χ1) is 23.3. The maximum absolute atomic E-state index is 12.1. The first-order valence-electron chi connectivity index (χ1n) is 18.2. The van der Waals surface area contributed by atoms with Gasteiger partial charge in [-0.2, -0.15) is 0 Å². The first-order valence-corrected chi connectivity index (χ1v) is 20.7. The van der Waals surface area contributed by atoms with Crippen LogP contribution in [0.1, 0.15) is 129 Å². The van der Waals surface area contributed by atoms with Crippen molar-refractivity contribution >= 4 is 39.3 Å². The van der Waals surface area contributed by atoms with Crippen molar-refractivity contribution in [2.45, 2.75) is 135 Å². The monoisotopic (exact) mass is 701 g/mol. The number of rotatable bonds is 32. The number of amides is 3. The van der Waals surface area contributed by atoms with Gasteiger partial charge in [-0.15, -0.1) is 13.2 Å². The van der Waals surface area contributed by atoms with Crippen molar-refractivity contribution < 1.29 is 14.4 Å². The summed E-state index contributed by atoms with van der Waals surface area (Å²) in [7, 11) is 7.34. The van der Waals surface area contributed by atoms with Crippen molar-refractivity contribution in [2.24, 2.45) is 0 Å². The average molecular weight is 702 g/mol. The molecule has 0 fully saturated rings. The number of nitrogens with one attached hydrogen (secondary N) is 1. The van der Waals surface area contributed by atoms with Gasteiger partial charge in [0.2, 0.25) is 17.7 Å². The molecular formula is C40H67N3O3S2. The molecule has 0 aromatic carbocycles. The maximum Gasteiger partial charge on any atom is 0.226 e. The molecule has 272 valence electrons. The largest absolute Gasteiger partial charge is 0.349 e.